The minimum atomic E-state index is 0.0187. The molecule has 15 heavy (non-hydrogen) atoms. The molecule has 0 N–H and O–H groups in total. The van der Waals surface area contributed by atoms with E-state index < -0.39 is 0 Å². The molecular formula is C10H19NS4. The molecule has 2 unspecified atom stereocenters. The summed E-state index contributed by atoms with van der Waals surface area (Å²) in [6, 6.07) is 0. The largest absolute Gasteiger partial charge is 0.185 e. The van der Waals surface area contributed by atoms with Crippen molar-refractivity contribution in [1.29, 1.82) is 5.26 Å². The standard InChI is InChI=1S/C10H19NS4/c1-5-7-14-10(3,15-8-11)9(12-4)13-6-2/h9H,5-7H2,1-4H3. The first kappa shape index (κ1) is 15.9. The summed E-state index contributed by atoms with van der Waals surface area (Å²) in [4.78, 5) is 0. The number of hydrogen-bond donors (Lipinski definition) is 0. The number of thioether (sulfide) groups is 4. The fourth-order valence-electron chi connectivity index (χ4n) is 1.13. The maximum atomic E-state index is 8.89. The molecule has 88 valence electrons. The zero-order valence-electron chi connectivity index (χ0n) is 9.78. The Kier molecular flexibility index (Phi) is 9.51. The molecule has 0 saturated heterocycles. The van der Waals surface area contributed by atoms with Crippen molar-refractivity contribution in [2.24, 2.45) is 0 Å². The van der Waals surface area contributed by atoms with Crippen LogP contribution in [0.25, 0.3) is 0 Å². The van der Waals surface area contributed by atoms with Crippen molar-refractivity contribution in [2.75, 3.05) is 17.8 Å². The summed E-state index contributed by atoms with van der Waals surface area (Å²) in [5.74, 6) is 2.24. The first-order chi connectivity index (χ1) is 7.14. The Balaban J connectivity index is 4.49. The lowest BCUT2D eigenvalue weighted by Gasteiger charge is -2.32. The Morgan fingerprint density at radius 1 is 1.40 bits per heavy atom. The zero-order chi connectivity index (χ0) is 11.7. The van der Waals surface area contributed by atoms with Crippen molar-refractivity contribution in [3.8, 4) is 5.40 Å². The van der Waals surface area contributed by atoms with Crippen molar-refractivity contribution in [3.63, 3.8) is 0 Å². The van der Waals surface area contributed by atoms with Crippen molar-refractivity contribution >= 4 is 47.0 Å². The van der Waals surface area contributed by atoms with Gasteiger partial charge in [-0.3, -0.25) is 0 Å². The topological polar surface area (TPSA) is 23.8 Å². The van der Waals surface area contributed by atoms with Crippen LogP contribution in [0.4, 0.5) is 0 Å². The van der Waals surface area contributed by atoms with E-state index in [4.69, 9.17) is 5.26 Å². The van der Waals surface area contributed by atoms with Crippen LogP contribution < -0.4 is 0 Å². The fraction of sp³-hybridized carbons (Fsp3) is 0.900. The molecular weight excluding hydrogens is 262 g/mol. The van der Waals surface area contributed by atoms with Gasteiger partial charge < -0.3 is 0 Å². The van der Waals surface area contributed by atoms with Gasteiger partial charge in [-0.25, -0.2) is 0 Å². The van der Waals surface area contributed by atoms with Crippen LogP contribution in [0, 0.1) is 10.7 Å². The van der Waals surface area contributed by atoms with Gasteiger partial charge in [-0.15, -0.1) is 35.3 Å². The average Bonchev–Trinajstić information content (AvgIpc) is 2.23. The predicted molar refractivity (Wildman–Crippen MR) is 79.8 cm³/mol. The van der Waals surface area contributed by atoms with Crippen LogP contribution in [-0.2, 0) is 0 Å². The first-order valence-corrected chi connectivity index (χ1v) is 9.13. The van der Waals surface area contributed by atoms with E-state index in [1.807, 2.05) is 35.3 Å². The second-order valence-corrected chi connectivity index (χ2v) is 8.74. The molecule has 0 radical (unpaired) electrons. The molecule has 0 saturated carbocycles. The Bertz CT molecular complexity index is 204. The smallest absolute Gasteiger partial charge is 0.134 e. The normalized spacial score (nSPS) is 16.7. The minimum absolute atomic E-state index is 0.0187. The van der Waals surface area contributed by atoms with Crippen LogP contribution >= 0.6 is 47.0 Å². The highest BCUT2D eigenvalue weighted by Crippen LogP contribution is 2.48. The van der Waals surface area contributed by atoms with Crippen molar-refractivity contribution in [2.45, 2.75) is 35.9 Å². The molecule has 0 aromatic heterocycles. The maximum absolute atomic E-state index is 8.89. The molecule has 0 amide bonds. The third-order valence-electron chi connectivity index (χ3n) is 1.80. The average molecular weight is 282 g/mol. The highest BCUT2D eigenvalue weighted by molar-refractivity contribution is 8.25. The van der Waals surface area contributed by atoms with E-state index in [0.717, 1.165) is 11.5 Å². The number of nitriles is 1. The second kappa shape index (κ2) is 8.98. The number of nitrogens with zero attached hydrogens (tertiary/aromatic N) is 1. The van der Waals surface area contributed by atoms with Crippen LogP contribution in [0.3, 0.4) is 0 Å². The van der Waals surface area contributed by atoms with Gasteiger partial charge in [0.2, 0.25) is 0 Å². The van der Waals surface area contributed by atoms with Gasteiger partial charge in [-0.2, -0.15) is 5.26 Å². The summed E-state index contributed by atoms with van der Waals surface area (Å²) in [5.41, 5.74) is 0. The third kappa shape index (κ3) is 5.67. The zero-order valence-corrected chi connectivity index (χ0v) is 13.0. The van der Waals surface area contributed by atoms with Crippen LogP contribution in [0.5, 0.6) is 0 Å². The highest BCUT2D eigenvalue weighted by atomic mass is 32.2. The first-order valence-electron chi connectivity index (χ1n) is 5.00. The molecule has 0 bridgehead atoms. The van der Waals surface area contributed by atoms with E-state index in [1.165, 1.54) is 18.2 Å². The predicted octanol–water partition coefficient (Wildman–Crippen LogP) is 4.50. The van der Waals surface area contributed by atoms with Gasteiger partial charge in [0.05, 0.1) is 8.66 Å². The second-order valence-electron chi connectivity index (χ2n) is 3.08. The van der Waals surface area contributed by atoms with Crippen molar-refractivity contribution in [1.82, 2.24) is 0 Å². The Hall–Kier alpha value is 0.890. The molecule has 0 aromatic rings. The van der Waals surface area contributed by atoms with Crippen LogP contribution in [0.2, 0.25) is 0 Å². The van der Waals surface area contributed by atoms with Gasteiger partial charge in [-0.1, -0.05) is 13.8 Å². The summed E-state index contributed by atoms with van der Waals surface area (Å²) >= 11 is 7.14. The molecule has 0 aliphatic rings. The Labute approximate surface area is 111 Å². The molecule has 1 nitrogen and oxygen atoms in total. The van der Waals surface area contributed by atoms with Crippen molar-refractivity contribution < 1.29 is 0 Å². The van der Waals surface area contributed by atoms with Crippen LogP contribution in [0.15, 0.2) is 0 Å². The Morgan fingerprint density at radius 2 is 2.07 bits per heavy atom. The minimum Gasteiger partial charge on any atom is -0.185 e. The van der Waals surface area contributed by atoms with Crippen LogP contribution in [-0.4, -0.2) is 26.4 Å². The third-order valence-corrected chi connectivity index (χ3v) is 8.15. The lowest BCUT2D eigenvalue weighted by atomic mass is 10.5. The molecule has 0 fully saturated rings. The van der Waals surface area contributed by atoms with Gasteiger partial charge in [-0.05, 0) is 42.9 Å². The highest BCUT2D eigenvalue weighted by Gasteiger charge is 2.35. The van der Waals surface area contributed by atoms with E-state index >= 15 is 0 Å². The van der Waals surface area contributed by atoms with E-state index in [1.54, 1.807) is 0 Å². The van der Waals surface area contributed by atoms with Crippen LogP contribution in [0.1, 0.15) is 27.2 Å². The molecule has 0 rings (SSSR count). The Morgan fingerprint density at radius 3 is 2.47 bits per heavy atom. The summed E-state index contributed by atoms with van der Waals surface area (Å²) < 4.78 is 0.508. The number of rotatable bonds is 8. The molecule has 2 atom stereocenters. The lowest BCUT2D eigenvalue weighted by Crippen LogP contribution is -2.27. The van der Waals surface area contributed by atoms with Crippen molar-refractivity contribution in [3.05, 3.63) is 0 Å². The SMILES string of the molecule is CCCSC(C)(SC#N)C(SC)SCC. The number of hydrogen-bond acceptors (Lipinski definition) is 5. The van der Waals surface area contributed by atoms with E-state index in [-0.39, 0.29) is 4.08 Å². The van der Waals surface area contributed by atoms with Gasteiger partial charge in [0.15, 0.2) is 0 Å². The number of thiocyanates is 1. The maximum Gasteiger partial charge on any atom is 0.134 e. The summed E-state index contributed by atoms with van der Waals surface area (Å²) in [6.07, 6.45) is 3.31. The molecule has 0 aromatic carbocycles. The van der Waals surface area contributed by atoms with Gasteiger partial charge in [0.1, 0.15) is 5.40 Å². The fourth-order valence-corrected chi connectivity index (χ4v) is 6.42. The van der Waals surface area contributed by atoms with E-state index in [9.17, 15) is 0 Å². The molecule has 0 aliphatic carbocycles. The summed E-state index contributed by atoms with van der Waals surface area (Å²) in [5, 5.41) is 11.2. The molecule has 0 spiro atoms. The van der Waals surface area contributed by atoms with Gasteiger partial charge in [0, 0.05) is 0 Å². The summed E-state index contributed by atoms with van der Waals surface area (Å²) in [6.45, 7) is 6.56. The van der Waals surface area contributed by atoms with E-state index in [0.29, 0.717) is 4.58 Å². The van der Waals surface area contributed by atoms with E-state index in [2.05, 4.69) is 32.4 Å². The molecule has 0 aliphatic heterocycles. The quantitative estimate of drug-likeness (QED) is 0.481. The molecule has 5 heteroatoms. The van der Waals surface area contributed by atoms with Gasteiger partial charge >= 0.3 is 0 Å². The summed E-state index contributed by atoms with van der Waals surface area (Å²) in [7, 11) is 0. The van der Waals surface area contributed by atoms with Gasteiger partial charge in [0.25, 0.3) is 0 Å². The molecule has 0 heterocycles. The monoisotopic (exact) mass is 281 g/mol. The lowest BCUT2D eigenvalue weighted by molar-refractivity contribution is 0.991.